The van der Waals surface area contributed by atoms with Crippen LogP contribution in [0.4, 0.5) is 0 Å². The molecule has 0 radical (unpaired) electrons. The van der Waals surface area contributed by atoms with Crippen LogP contribution in [-0.2, 0) is 0 Å². The van der Waals surface area contributed by atoms with Gasteiger partial charge in [-0.25, -0.2) is 0 Å². The summed E-state index contributed by atoms with van der Waals surface area (Å²) in [6, 6.07) is 0.803. The molecule has 0 amide bonds. The Kier molecular flexibility index (Phi) is 3.91. The second-order valence-electron chi connectivity index (χ2n) is 6.39. The minimum absolute atomic E-state index is 0.366. The van der Waals surface area contributed by atoms with Crippen LogP contribution in [0.15, 0.2) is 0 Å². The van der Waals surface area contributed by atoms with E-state index in [4.69, 9.17) is 0 Å². The molecule has 2 saturated heterocycles. The van der Waals surface area contributed by atoms with E-state index >= 15 is 0 Å². The molecule has 2 aliphatic rings. The Bertz CT molecular complexity index is 217. The Labute approximate surface area is 101 Å². The maximum absolute atomic E-state index is 3.64. The number of hydrogen-bond donors (Lipinski definition) is 1. The second-order valence-corrected chi connectivity index (χ2v) is 6.39. The Morgan fingerprint density at radius 3 is 2.44 bits per heavy atom. The molecule has 0 aromatic rings. The smallest absolute Gasteiger partial charge is 0.0238 e. The first-order chi connectivity index (χ1) is 7.61. The van der Waals surface area contributed by atoms with Gasteiger partial charge in [0.1, 0.15) is 0 Å². The summed E-state index contributed by atoms with van der Waals surface area (Å²) in [5.74, 6) is 1.02. The van der Waals surface area contributed by atoms with Gasteiger partial charge < -0.3 is 5.32 Å². The molecular formula is C14H28N2. The van der Waals surface area contributed by atoms with Gasteiger partial charge in [0, 0.05) is 18.1 Å². The molecule has 0 aliphatic carbocycles. The zero-order valence-corrected chi connectivity index (χ0v) is 11.3. The number of rotatable bonds is 3. The highest BCUT2D eigenvalue weighted by Gasteiger charge is 2.34. The zero-order valence-electron chi connectivity index (χ0n) is 11.3. The van der Waals surface area contributed by atoms with Crippen molar-refractivity contribution >= 4 is 0 Å². The van der Waals surface area contributed by atoms with E-state index in [0.29, 0.717) is 5.54 Å². The van der Waals surface area contributed by atoms with E-state index in [2.05, 4.69) is 31.0 Å². The lowest BCUT2D eigenvalue weighted by atomic mass is 9.91. The Morgan fingerprint density at radius 1 is 1.25 bits per heavy atom. The van der Waals surface area contributed by atoms with Gasteiger partial charge in [-0.05, 0) is 52.1 Å². The van der Waals surface area contributed by atoms with E-state index < -0.39 is 0 Å². The summed E-state index contributed by atoms with van der Waals surface area (Å²) in [5, 5.41) is 3.64. The van der Waals surface area contributed by atoms with Crippen LogP contribution < -0.4 is 5.32 Å². The Balaban J connectivity index is 1.77. The topological polar surface area (TPSA) is 15.3 Å². The molecule has 2 aliphatic heterocycles. The van der Waals surface area contributed by atoms with Crippen LogP contribution in [0.2, 0.25) is 0 Å². The van der Waals surface area contributed by atoms with E-state index in [0.717, 1.165) is 12.0 Å². The lowest BCUT2D eigenvalue weighted by Crippen LogP contribution is -2.42. The SMILES string of the molecule is CCCC1CCN(C2CNC(C)(C)C2)CC1. The molecule has 1 N–H and O–H groups in total. The molecule has 0 aromatic carbocycles. The van der Waals surface area contributed by atoms with Crippen LogP contribution in [0.25, 0.3) is 0 Å². The van der Waals surface area contributed by atoms with Gasteiger partial charge in [-0.2, -0.15) is 0 Å². The fraction of sp³-hybridized carbons (Fsp3) is 1.00. The number of hydrogen-bond acceptors (Lipinski definition) is 2. The minimum Gasteiger partial charge on any atom is -0.310 e. The third kappa shape index (κ3) is 2.98. The van der Waals surface area contributed by atoms with Gasteiger partial charge in [0.05, 0.1) is 0 Å². The van der Waals surface area contributed by atoms with Gasteiger partial charge in [-0.1, -0.05) is 19.8 Å². The van der Waals surface area contributed by atoms with E-state index in [9.17, 15) is 0 Å². The van der Waals surface area contributed by atoms with Crippen LogP contribution in [-0.4, -0.2) is 36.1 Å². The number of nitrogens with zero attached hydrogens (tertiary/aromatic N) is 1. The number of likely N-dealkylation sites (tertiary alicyclic amines) is 1. The lowest BCUT2D eigenvalue weighted by molar-refractivity contribution is 0.133. The largest absolute Gasteiger partial charge is 0.310 e. The van der Waals surface area contributed by atoms with Crippen molar-refractivity contribution < 1.29 is 0 Å². The summed E-state index contributed by atoms with van der Waals surface area (Å²) >= 11 is 0. The van der Waals surface area contributed by atoms with E-state index in [1.165, 1.54) is 51.7 Å². The van der Waals surface area contributed by atoms with Crippen LogP contribution in [0.1, 0.15) is 52.9 Å². The normalized spacial score (nSPS) is 32.1. The Hall–Kier alpha value is -0.0800. The van der Waals surface area contributed by atoms with Crippen molar-refractivity contribution in [1.82, 2.24) is 10.2 Å². The molecule has 1 atom stereocenters. The average Bonchev–Trinajstić information content (AvgIpc) is 2.61. The lowest BCUT2D eigenvalue weighted by Gasteiger charge is -2.36. The molecule has 2 fully saturated rings. The zero-order chi connectivity index (χ0) is 11.6. The molecule has 0 bridgehead atoms. The minimum atomic E-state index is 0.366. The summed E-state index contributed by atoms with van der Waals surface area (Å²) < 4.78 is 0. The summed E-state index contributed by atoms with van der Waals surface area (Å²) in [6.45, 7) is 10.9. The predicted octanol–water partition coefficient (Wildman–Crippen LogP) is 2.64. The molecule has 2 heterocycles. The molecule has 2 rings (SSSR count). The molecule has 94 valence electrons. The van der Waals surface area contributed by atoms with Crippen molar-refractivity contribution in [2.45, 2.75) is 64.5 Å². The number of nitrogens with one attached hydrogen (secondary N) is 1. The summed E-state index contributed by atoms with van der Waals surface area (Å²) in [4.78, 5) is 2.73. The number of piperidine rings is 1. The van der Waals surface area contributed by atoms with Crippen molar-refractivity contribution in [3.63, 3.8) is 0 Å². The van der Waals surface area contributed by atoms with E-state index in [-0.39, 0.29) is 0 Å². The fourth-order valence-electron chi connectivity index (χ4n) is 3.40. The average molecular weight is 224 g/mol. The highest BCUT2D eigenvalue weighted by Crippen LogP contribution is 2.28. The molecule has 0 spiro atoms. The molecule has 2 nitrogen and oxygen atoms in total. The van der Waals surface area contributed by atoms with E-state index in [1.807, 2.05) is 0 Å². The molecule has 0 aromatic heterocycles. The highest BCUT2D eigenvalue weighted by atomic mass is 15.2. The van der Waals surface area contributed by atoms with Crippen molar-refractivity contribution in [3.8, 4) is 0 Å². The van der Waals surface area contributed by atoms with Crippen molar-refractivity contribution in [2.24, 2.45) is 5.92 Å². The summed E-state index contributed by atoms with van der Waals surface area (Å²) in [7, 11) is 0. The Morgan fingerprint density at radius 2 is 1.94 bits per heavy atom. The molecule has 1 unspecified atom stereocenters. The van der Waals surface area contributed by atoms with Gasteiger partial charge in [0.2, 0.25) is 0 Å². The van der Waals surface area contributed by atoms with Gasteiger partial charge in [-0.3, -0.25) is 4.90 Å². The quantitative estimate of drug-likeness (QED) is 0.793. The predicted molar refractivity (Wildman–Crippen MR) is 69.7 cm³/mol. The van der Waals surface area contributed by atoms with Crippen LogP contribution >= 0.6 is 0 Å². The van der Waals surface area contributed by atoms with Crippen molar-refractivity contribution in [2.75, 3.05) is 19.6 Å². The second kappa shape index (κ2) is 5.05. The molecule has 2 heteroatoms. The van der Waals surface area contributed by atoms with Crippen LogP contribution in [0.3, 0.4) is 0 Å². The fourth-order valence-corrected chi connectivity index (χ4v) is 3.40. The van der Waals surface area contributed by atoms with Gasteiger partial charge in [0.15, 0.2) is 0 Å². The molecule has 0 saturated carbocycles. The molecular weight excluding hydrogens is 196 g/mol. The van der Waals surface area contributed by atoms with Crippen molar-refractivity contribution in [1.29, 1.82) is 0 Å². The van der Waals surface area contributed by atoms with Crippen LogP contribution in [0.5, 0.6) is 0 Å². The van der Waals surface area contributed by atoms with Crippen molar-refractivity contribution in [3.05, 3.63) is 0 Å². The first kappa shape index (κ1) is 12.4. The first-order valence-corrected chi connectivity index (χ1v) is 7.10. The van der Waals surface area contributed by atoms with Crippen LogP contribution in [0, 0.1) is 5.92 Å². The third-order valence-electron chi connectivity index (χ3n) is 4.42. The molecule has 16 heavy (non-hydrogen) atoms. The summed E-state index contributed by atoms with van der Waals surface area (Å²) in [6.07, 6.45) is 7.01. The highest BCUT2D eigenvalue weighted by molar-refractivity contribution is 4.95. The first-order valence-electron chi connectivity index (χ1n) is 7.10. The van der Waals surface area contributed by atoms with Gasteiger partial charge in [-0.15, -0.1) is 0 Å². The van der Waals surface area contributed by atoms with Gasteiger partial charge in [0.25, 0.3) is 0 Å². The summed E-state index contributed by atoms with van der Waals surface area (Å²) in [5.41, 5.74) is 0.366. The maximum Gasteiger partial charge on any atom is 0.0238 e. The van der Waals surface area contributed by atoms with Gasteiger partial charge >= 0.3 is 0 Å². The monoisotopic (exact) mass is 224 g/mol. The van der Waals surface area contributed by atoms with E-state index in [1.54, 1.807) is 0 Å². The standard InChI is InChI=1S/C14H28N2/c1-4-5-12-6-8-16(9-7-12)13-10-14(2,3)15-11-13/h12-13,15H,4-11H2,1-3H3. The maximum atomic E-state index is 3.64. The third-order valence-corrected chi connectivity index (χ3v) is 4.42.